The van der Waals surface area contributed by atoms with Crippen LogP contribution >= 0.6 is 11.6 Å². The maximum absolute atomic E-state index is 11.0. The van der Waals surface area contributed by atoms with Gasteiger partial charge >= 0.3 is 5.97 Å². The van der Waals surface area contributed by atoms with E-state index in [1.54, 1.807) is 6.07 Å². The summed E-state index contributed by atoms with van der Waals surface area (Å²) in [6.07, 6.45) is 2.08. The van der Waals surface area contributed by atoms with Gasteiger partial charge in [-0.15, -0.1) is 0 Å². The van der Waals surface area contributed by atoms with Crippen molar-refractivity contribution >= 4 is 17.6 Å². The SMILES string of the molecule is O=C(O)c1ccc(CN2CCn3cccc3C2c2cccc(Cl)c2)o1. The minimum absolute atomic E-state index is 0.0327. The lowest BCUT2D eigenvalue weighted by molar-refractivity contribution is 0.0656. The van der Waals surface area contributed by atoms with Crippen molar-refractivity contribution in [3.05, 3.63) is 82.5 Å². The Morgan fingerprint density at radius 1 is 1.20 bits per heavy atom. The van der Waals surface area contributed by atoms with E-state index in [0.29, 0.717) is 17.3 Å². The number of aromatic carboxylic acids is 1. The molecule has 128 valence electrons. The second kappa shape index (κ2) is 6.43. The predicted molar refractivity (Wildman–Crippen MR) is 93.8 cm³/mol. The highest BCUT2D eigenvalue weighted by Gasteiger charge is 2.29. The van der Waals surface area contributed by atoms with Gasteiger partial charge in [0.2, 0.25) is 5.76 Å². The fourth-order valence-electron chi connectivity index (χ4n) is 3.44. The Morgan fingerprint density at radius 2 is 2.08 bits per heavy atom. The van der Waals surface area contributed by atoms with Crippen LogP contribution in [-0.4, -0.2) is 27.1 Å². The van der Waals surface area contributed by atoms with Gasteiger partial charge in [-0.3, -0.25) is 4.90 Å². The standard InChI is InChI=1S/C19H17ClN2O3/c20-14-4-1-3-13(11-14)18-16-5-2-8-21(16)9-10-22(18)12-15-6-7-17(25-15)19(23)24/h1-8,11,18H,9-10,12H2,(H,23,24). The number of nitrogens with zero attached hydrogens (tertiary/aromatic N) is 2. The van der Waals surface area contributed by atoms with E-state index >= 15 is 0 Å². The summed E-state index contributed by atoms with van der Waals surface area (Å²) in [5.41, 5.74) is 2.30. The van der Waals surface area contributed by atoms with E-state index in [0.717, 1.165) is 18.7 Å². The van der Waals surface area contributed by atoms with Crippen LogP contribution in [0.15, 0.2) is 59.1 Å². The third kappa shape index (κ3) is 3.08. The molecule has 0 spiro atoms. The molecule has 1 N–H and O–H groups in total. The number of benzene rings is 1. The van der Waals surface area contributed by atoms with E-state index < -0.39 is 5.97 Å². The maximum Gasteiger partial charge on any atom is 0.371 e. The maximum atomic E-state index is 11.0. The van der Waals surface area contributed by atoms with Crippen LogP contribution in [0, 0.1) is 0 Å². The molecule has 1 aliphatic heterocycles. The summed E-state index contributed by atoms with van der Waals surface area (Å²) in [5.74, 6) is -0.440. The van der Waals surface area contributed by atoms with Crippen LogP contribution in [0.4, 0.5) is 0 Å². The van der Waals surface area contributed by atoms with Crippen molar-refractivity contribution < 1.29 is 14.3 Å². The quantitative estimate of drug-likeness (QED) is 0.766. The van der Waals surface area contributed by atoms with Crippen molar-refractivity contribution in [1.82, 2.24) is 9.47 Å². The molecule has 0 bridgehead atoms. The summed E-state index contributed by atoms with van der Waals surface area (Å²) in [5, 5.41) is 9.74. The highest BCUT2D eigenvalue weighted by atomic mass is 35.5. The van der Waals surface area contributed by atoms with Gasteiger partial charge in [-0.05, 0) is 42.0 Å². The van der Waals surface area contributed by atoms with Gasteiger partial charge in [-0.2, -0.15) is 0 Å². The molecule has 0 saturated carbocycles. The van der Waals surface area contributed by atoms with Crippen LogP contribution in [0.5, 0.6) is 0 Å². The average Bonchev–Trinajstić information content (AvgIpc) is 3.23. The van der Waals surface area contributed by atoms with Gasteiger partial charge in [-0.1, -0.05) is 23.7 Å². The Morgan fingerprint density at radius 3 is 2.84 bits per heavy atom. The summed E-state index contributed by atoms with van der Waals surface area (Å²) >= 11 is 6.20. The molecule has 0 saturated heterocycles. The molecule has 0 radical (unpaired) electrons. The number of hydrogen-bond donors (Lipinski definition) is 1. The van der Waals surface area contributed by atoms with E-state index in [1.165, 1.54) is 11.8 Å². The van der Waals surface area contributed by atoms with E-state index in [4.69, 9.17) is 21.1 Å². The number of carboxylic acid groups (broad SMARTS) is 1. The molecule has 1 aliphatic rings. The number of aromatic nitrogens is 1. The minimum atomic E-state index is -1.05. The predicted octanol–water partition coefficient (Wildman–Crippen LogP) is 4.04. The fraction of sp³-hybridized carbons (Fsp3) is 0.211. The lowest BCUT2D eigenvalue weighted by Gasteiger charge is -2.36. The van der Waals surface area contributed by atoms with Crippen molar-refractivity contribution in [2.24, 2.45) is 0 Å². The van der Waals surface area contributed by atoms with Crippen molar-refractivity contribution in [2.45, 2.75) is 19.1 Å². The van der Waals surface area contributed by atoms with Crippen LogP contribution in [0.2, 0.25) is 5.02 Å². The van der Waals surface area contributed by atoms with E-state index in [-0.39, 0.29) is 11.8 Å². The summed E-state index contributed by atoms with van der Waals surface area (Å²) < 4.78 is 7.69. The highest BCUT2D eigenvalue weighted by molar-refractivity contribution is 6.30. The van der Waals surface area contributed by atoms with Crippen molar-refractivity contribution in [1.29, 1.82) is 0 Å². The lowest BCUT2D eigenvalue weighted by atomic mass is 10.00. The summed E-state index contributed by atoms with van der Waals surface area (Å²) in [7, 11) is 0. The highest BCUT2D eigenvalue weighted by Crippen LogP contribution is 2.34. The lowest BCUT2D eigenvalue weighted by Crippen LogP contribution is -2.37. The number of carbonyl (C=O) groups is 1. The largest absolute Gasteiger partial charge is 0.475 e. The number of fused-ring (bicyclic) bond motifs is 1. The van der Waals surface area contributed by atoms with Gasteiger partial charge in [0.05, 0.1) is 12.6 Å². The van der Waals surface area contributed by atoms with Gasteiger partial charge in [0.15, 0.2) is 0 Å². The molecule has 2 aromatic heterocycles. The molecule has 0 aliphatic carbocycles. The Bertz CT molecular complexity index is 915. The molecular weight excluding hydrogens is 340 g/mol. The first-order chi connectivity index (χ1) is 12.1. The van der Waals surface area contributed by atoms with Gasteiger partial charge < -0.3 is 14.1 Å². The number of furan rings is 1. The van der Waals surface area contributed by atoms with E-state index in [9.17, 15) is 4.79 Å². The summed E-state index contributed by atoms with van der Waals surface area (Å²) in [4.78, 5) is 13.3. The van der Waals surface area contributed by atoms with E-state index in [1.807, 2.05) is 24.3 Å². The molecule has 3 heterocycles. The molecule has 0 amide bonds. The van der Waals surface area contributed by atoms with Crippen molar-refractivity contribution in [2.75, 3.05) is 6.54 Å². The molecule has 1 atom stereocenters. The first-order valence-electron chi connectivity index (χ1n) is 8.08. The van der Waals surface area contributed by atoms with Crippen LogP contribution in [-0.2, 0) is 13.1 Å². The molecule has 1 unspecified atom stereocenters. The summed E-state index contributed by atoms with van der Waals surface area (Å²) in [6.45, 7) is 2.25. The molecule has 6 heteroatoms. The number of halogens is 1. The second-order valence-corrected chi connectivity index (χ2v) is 6.56. The Kier molecular flexibility index (Phi) is 4.11. The van der Waals surface area contributed by atoms with Crippen molar-refractivity contribution in [3.63, 3.8) is 0 Å². The van der Waals surface area contributed by atoms with Gasteiger partial charge in [-0.25, -0.2) is 4.79 Å². The van der Waals surface area contributed by atoms with Crippen LogP contribution in [0.3, 0.4) is 0 Å². The first kappa shape index (κ1) is 16.0. The number of carboxylic acids is 1. The van der Waals surface area contributed by atoms with Crippen LogP contribution in [0.25, 0.3) is 0 Å². The Labute approximate surface area is 150 Å². The normalized spacial score (nSPS) is 17.4. The molecular formula is C19H17ClN2O3. The van der Waals surface area contributed by atoms with Crippen molar-refractivity contribution in [3.8, 4) is 0 Å². The Hall–Kier alpha value is -2.50. The first-order valence-corrected chi connectivity index (χ1v) is 8.46. The molecule has 25 heavy (non-hydrogen) atoms. The topological polar surface area (TPSA) is 58.6 Å². The molecule has 5 nitrogen and oxygen atoms in total. The minimum Gasteiger partial charge on any atom is -0.475 e. The molecule has 3 aromatic rings. The zero-order chi connectivity index (χ0) is 17.4. The third-order valence-corrected chi connectivity index (χ3v) is 4.77. The van der Waals surface area contributed by atoms with E-state index in [2.05, 4.69) is 27.8 Å². The molecule has 4 rings (SSSR count). The fourth-order valence-corrected chi connectivity index (χ4v) is 3.64. The van der Waals surface area contributed by atoms with Gasteiger partial charge in [0, 0.05) is 30.0 Å². The number of rotatable bonds is 4. The van der Waals surface area contributed by atoms with Gasteiger partial charge in [0.1, 0.15) is 5.76 Å². The average molecular weight is 357 g/mol. The number of hydrogen-bond acceptors (Lipinski definition) is 3. The zero-order valence-corrected chi connectivity index (χ0v) is 14.2. The van der Waals surface area contributed by atoms with Crippen LogP contribution in [0.1, 0.15) is 33.6 Å². The molecule has 0 fully saturated rings. The third-order valence-electron chi connectivity index (χ3n) is 4.53. The monoisotopic (exact) mass is 356 g/mol. The molecule has 1 aromatic carbocycles. The van der Waals surface area contributed by atoms with Crippen LogP contribution < -0.4 is 0 Å². The second-order valence-electron chi connectivity index (χ2n) is 6.13. The summed E-state index contributed by atoms with van der Waals surface area (Å²) in [6, 6.07) is 15.3. The Balaban J connectivity index is 1.69. The zero-order valence-electron chi connectivity index (χ0n) is 13.4. The van der Waals surface area contributed by atoms with Gasteiger partial charge in [0.25, 0.3) is 0 Å². The smallest absolute Gasteiger partial charge is 0.371 e.